The summed E-state index contributed by atoms with van der Waals surface area (Å²) in [5.74, 6) is -0.838. The number of ether oxygens (including phenoxy) is 1. The van der Waals surface area contributed by atoms with E-state index in [2.05, 4.69) is 10.1 Å². The quantitative estimate of drug-likeness (QED) is 0.817. The van der Waals surface area contributed by atoms with Crippen molar-refractivity contribution in [3.63, 3.8) is 0 Å². The van der Waals surface area contributed by atoms with Crippen molar-refractivity contribution in [1.82, 2.24) is 9.62 Å². The molecule has 0 aromatic heterocycles. The predicted octanol–water partition coefficient (Wildman–Crippen LogP) is 0.762. The molecule has 1 aliphatic rings. The molecule has 2 rings (SSSR count). The molecule has 0 aliphatic carbocycles. The van der Waals surface area contributed by atoms with Crippen LogP contribution in [0.3, 0.4) is 0 Å². The lowest BCUT2D eigenvalue weighted by atomic mass is 10.0. The Kier molecular flexibility index (Phi) is 5.38. The first-order valence-corrected chi connectivity index (χ1v) is 8.77. The Labute approximate surface area is 135 Å². The molecule has 1 saturated heterocycles. The first kappa shape index (κ1) is 17.4. The Hall–Kier alpha value is -1.93. The van der Waals surface area contributed by atoms with Crippen LogP contribution in [0.4, 0.5) is 0 Å². The minimum Gasteiger partial charge on any atom is -0.465 e. The molecule has 0 radical (unpaired) electrons. The Morgan fingerprint density at radius 2 is 1.87 bits per heavy atom. The van der Waals surface area contributed by atoms with Gasteiger partial charge in [0.15, 0.2) is 0 Å². The van der Waals surface area contributed by atoms with E-state index in [1.165, 1.54) is 42.7 Å². The maximum atomic E-state index is 12.8. The van der Waals surface area contributed by atoms with Gasteiger partial charge in [0.1, 0.15) is 6.04 Å². The molecule has 1 fully saturated rings. The molecule has 0 saturated carbocycles. The fraction of sp³-hybridized carbons (Fsp3) is 0.467. The zero-order valence-corrected chi connectivity index (χ0v) is 13.9. The monoisotopic (exact) mass is 340 g/mol. The van der Waals surface area contributed by atoms with E-state index in [9.17, 15) is 18.0 Å². The highest BCUT2D eigenvalue weighted by Crippen LogP contribution is 2.25. The molecule has 126 valence electrons. The molecule has 1 atom stereocenters. The average Bonchev–Trinajstić information content (AvgIpc) is 2.60. The number of hydrogen-bond acceptors (Lipinski definition) is 5. The maximum Gasteiger partial charge on any atom is 0.337 e. The summed E-state index contributed by atoms with van der Waals surface area (Å²) in [7, 11) is -1.04. The van der Waals surface area contributed by atoms with Gasteiger partial charge in [-0.2, -0.15) is 4.31 Å². The molecular formula is C15H20N2O5S. The fourth-order valence-corrected chi connectivity index (χ4v) is 4.29. The van der Waals surface area contributed by atoms with E-state index in [-0.39, 0.29) is 16.4 Å². The normalized spacial score (nSPS) is 19.1. The number of benzene rings is 1. The molecule has 8 heteroatoms. The summed E-state index contributed by atoms with van der Waals surface area (Å²) in [5, 5.41) is 2.51. The first-order valence-electron chi connectivity index (χ1n) is 7.33. The zero-order chi connectivity index (χ0) is 17.0. The van der Waals surface area contributed by atoms with Gasteiger partial charge in [-0.15, -0.1) is 0 Å². The van der Waals surface area contributed by atoms with E-state index >= 15 is 0 Å². The Bertz CT molecular complexity index is 684. The molecule has 1 aromatic carbocycles. The number of piperidine rings is 1. The second-order valence-corrected chi connectivity index (χ2v) is 7.15. The van der Waals surface area contributed by atoms with Crippen LogP contribution in [-0.4, -0.2) is 51.3 Å². The van der Waals surface area contributed by atoms with Gasteiger partial charge in [0.05, 0.1) is 17.6 Å². The molecule has 7 nitrogen and oxygen atoms in total. The minimum atomic E-state index is -3.80. The van der Waals surface area contributed by atoms with Gasteiger partial charge in [0.25, 0.3) is 0 Å². The molecule has 0 bridgehead atoms. The third kappa shape index (κ3) is 3.53. The van der Waals surface area contributed by atoms with Gasteiger partial charge >= 0.3 is 5.97 Å². The van der Waals surface area contributed by atoms with Gasteiger partial charge in [-0.3, -0.25) is 4.79 Å². The van der Waals surface area contributed by atoms with E-state index < -0.39 is 22.0 Å². The lowest BCUT2D eigenvalue weighted by Crippen LogP contribution is -2.51. The summed E-state index contributed by atoms with van der Waals surface area (Å²) in [6.45, 7) is 0.305. The zero-order valence-electron chi connectivity index (χ0n) is 13.1. The van der Waals surface area contributed by atoms with Crippen LogP contribution in [0.15, 0.2) is 29.2 Å². The van der Waals surface area contributed by atoms with E-state index in [4.69, 9.17) is 0 Å². The van der Waals surface area contributed by atoms with Crippen LogP contribution in [-0.2, 0) is 19.6 Å². The highest BCUT2D eigenvalue weighted by molar-refractivity contribution is 7.89. The predicted molar refractivity (Wildman–Crippen MR) is 83.4 cm³/mol. The largest absolute Gasteiger partial charge is 0.465 e. The third-order valence-corrected chi connectivity index (χ3v) is 5.81. The highest BCUT2D eigenvalue weighted by atomic mass is 32.2. The van der Waals surface area contributed by atoms with Crippen LogP contribution in [0, 0.1) is 0 Å². The number of likely N-dealkylation sites (N-methyl/N-ethyl adjacent to an activating group) is 1. The number of sulfonamides is 1. The van der Waals surface area contributed by atoms with Gasteiger partial charge in [0.2, 0.25) is 15.9 Å². The molecule has 1 aliphatic heterocycles. The summed E-state index contributed by atoms with van der Waals surface area (Å²) in [6, 6.07) is 4.82. The van der Waals surface area contributed by atoms with Crippen LogP contribution in [0.2, 0.25) is 0 Å². The molecule has 0 unspecified atom stereocenters. The van der Waals surface area contributed by atoms with Crippen molar-refractivity contribution < 1.29 is 22.7 Å². The summed E-state index contributed by atoms with van der Waals surface area (Å²) < 4.78 is 31.4. The third-order valence-electron chi connectivity index (χ3n) is 3.88. The molecule has 1 heterocycles. The van der Waals surface area contributed by atoms with Gasteiger partial charge in [-0.05, 0) is 37.1 Å². The molecule has 1 amide bonds. The van der Waals surface area contributed by atoms with Crippen molar-refractivity contribution in [2.75, 3.05) is 20.7 Å². The standard InChI is InChI=1S/C15H20N2O5S/c1-16-14(18)13-5-3-4-10-17(13)23(20,21)12-8-6-11(7-9-12)15(19)22-2/h6-9,13H,3-5,10H2,1-2H3,(H,16,18)/t13-/m1/s1. The fourth-order valence-electron chi connectivity index (χ4n) is 2.64. The van der Waals surface area contributed by atoms with Gasteiger partial charge in [-0.25, -0.2) is 13.2 Å². The second kappa shape index (κ2) is 7.10. The van der Waals surface area contributed by atoms with Crippen molar-refractivity contribution in [3.05, 3.63) is 29.8 Å². The number of hydrogen-bond donors (Lipinski definition) is 1. The smallest absolute Gasteiger partial charge is 0.337 e. The van der Waals surface area contributed by atoms with Crippen molar-refractivity contribution in [1.29, 1.82) is 0 Å². The number of methoxy groups -OCH3 is 1. The van der Waals surface area contributed by atoms with Crippen LogP contribution in [0.25, 0.3) is 0 Å². The summed E-state index contributed by atoms with van der Waals surface area (Å²) in [6.07, 6.45) is 2.03. The topological polar surface area (TPSA) is 92.8 Å². The lowest BCUT2D eigenvalue weighted by Gasteiger charge is -2.33. The number of rotatable bonds is 4. The van der Waals surface area contributed by atoms with Crippen molar-refractivity contribution in [3.8, 4) is 0 Å². The van der Waals surface area contributed by atoms with E-state index in [0.29, 0.717) is 19.4 Å². The molecule has 0 spiro atoms. The van der Waals surface area contributed by atoms with Gasteiger partial charge in [-0.1, -0.05) is 6.42 Å². The average molecular weight is 340 g/mol. The van der Waals surface area contributed by atoms with Crippen molar-refractivity contribution >= 4 is 21.9 Å². The molecule has 1 N–H and O–H groups in total. The van der Waals surface area contributed by atoms with Gasteiger partial charge in [0, 0.05) is 13.6 Å². The van der Waals surface area contributed by atoms with Crippen LogP contribution >= 0.6 is 0 Å². The second-order valence-electron chi connectivity index (χ2n) is 5.26. The number of carbonyl (C=O) groups excluding carboxylic acids is 2. The first-order chi connectivity index (χ1) is 10.9. The number of esters is 1. The van der Waals surface area contributed by atoms with Crippen LogP contribution < -0.4 is 5.32 Å². The molecular weight excluding hydrogens is 320 g/mol. The Balaban J connectivity index is 2.32. The molecule has 1 aromatic rings. The number of nitrogens with one attached hydrogen (secondary N) is 1. The Morgan fingerprint density at radius 1 is 1.22 bits per heavy atom. The number of amides is 1. The summed E-state index contributed by atoms with van der Waals surface area (Å²) in [5.41, 5.74) is 0.271. The van der Waals surface area contributed by atoms with Crippen LogP contribution in [0.5, 0.6) is 0 Å². The minimum absolute atomic E-state index is 0.0564. The highest BCUT2D eigenvalue weighted by Gasteiger charge is 2.37. The lowest BCUT2D eigenvalue weighted by molar-refractivity contribution is -0.125. The Morgan fingerprint density at radius 3 is 2.43 bits per heavy atom. The van der Waals surface area contributed by atoms with Gasteiger partial charge < -0.3 is 10.1 Å². The van der Waals surface area contributed by atoms with Crippen molar-refractivity contribution in [2.45, 2.75) is 30.2 Å². The number of nitrogens with zero attached hydrogens (tertiary/aromatic N) is 1. The van der Waals surface area contributed by atoms with Crippen LogP contribution in [0.1, 0.15) is 29.6 Å². The van der Waals surface area contributed by atoms with Crippen molar-refractivity contribution in [2.24, 2.45) is 0 Å². The summed E-state index contributed by atoms with van der Waals surface area (Å²) in [4.78, 5) is 23.4. The van der Waals surface area contributed by atoms with E-state index in [1.54, 1.807) is 0 Å². The molecule has 23 heavy (non-hydrogen) atoms. The summed E-state index contributed by atoms with van der Waals surface area (Å²) >= 11 is 0. The number of carbonyl (C=O) groups is 2. The van der Waals surface area contributed by atoms with E-state index in [1.807, 2.05) is 0 Å². The maximum absolute atomic E-state index is 12.8. The SMILES string of the molecule is CNC(=O)[C@H]1CCCCN1S(=O)(=O)c1ccc(C(=O)OC)cc1. The van der Waals surface area contributed by atoms with E-state index in [0.717, 1.165) is 6.42 Å².